The van der Waals surface area contributed by atoms with E-state index in [2.05, 4.69) is 27.9 Å². The van der Waals surface area contributed by atoms with Gasteiger partial charge < -0.3 is 16.8 Å². The fourth-order valence-corrected chi connectivity index (χ4v) is 1.44. The molecule has 2 amide bonds. The van der Waals surface area contributed by atoms with Gasteiger partial charge in [0.05, 0.1) is 12.5 Å². The fourth-order valence-electron chi connectivity index (χ4n) is 1.08. The molecule has 1 rings (SSSR count). The number of amides is 2. The van der Waals surface area contributed by atoms with E-state index in [1.54, 1.807) is 12.1 Å². The molecule has 0 heterocycles. The molecular weight excluding hydrogens is 321 g/mol. The minimum atomic E-state index is -0.906. The maximum atomic E-state index is 11.5. The lowest BCUT2D eigenvalue weighted by Crippen LogP contribution is -2.38. The van der Waals surface area contributed by atoms with Gasteiger partial charge in [0.2, 0.25) is 11.8 Å². The van der Waals surface area contributed by atoms with Crippen LogP contribution >= 0.6 is 22.6 Å². The van der Waals surface area contributed by atoms with Crippen LogP contribution in [0.15, 0.2) is 24.3 Å². The number of anilines is 1. The van der Waals surface area contributed by atoms with Crippen LogP contribution in [0.3, 0.4) is 0 Å². The largest absolute Gasteiger partial charge is 0.370 e. The molecule has 5 N–H and O–H groups in total. The molecule has 0 fully saturated rings. The van der Waals surface area contributed by atoms with E-state index in [1.807, 2.05) is 12.1 Å². The topological polar surface area (TPSA) is 98.2 Å². The number of carbonyl (C=O) groups is 2. The Morgan fingerprint density at radius 3 is 2.38 bits per heavy atom. The summed E-state index contributed by atoms with van der Waals surface area (Å²) in [6, 6.07) is 6.33. The normalized spacial score (nSPS) is 11.9. The summed E-state index contributed by atoms with van der Waals surface area (Å²) >= 11 is 2.16. The third-order valence-corrected chi connectivity index (χ3v) is 2.59. The van der Waals surface area contributed by atoms with Crippen LogP contribution in [0.5, 0.6) is 0 Å². The van der Waals surface area contributed by atoms with E-state index in [0.717, 1.165) is 3.57 Å². The number of carbonyl (C=O) groups excluding carboxylic acids is 2. The molecule has 1 unspecified atom stereocenters. The average Bonchev–Trinajstić information content (AvgIpc) is 2.20. The standard InChI is InChI=1S/C10H12IN3O2/c11-6-1-3-7(4-2-6)14-10(16)8(12)5-9(13)15/h1-4,8H,5,12H2,(H2,13,15)(H,14,16). The van der Waals surface area contributed by atoms with Crippen LogP contribution in [-0.2, 0) is 9.59 Å². The SMILES string of the molecule is NC(=O)CC(N)C(=O)Nc1ccc(I)cc1. The fraction of sp³-hybridized carbons (Fsp3) is 0.200. The Kier molecular flexibility index (Phi) is 4.69. The van der Waals surface area contributed by atoms with Crippen LogP contribution in [0.1, 0.15) is 6.42 Å². The van der Waals surface area contributed by atoms with E-state index >= 15 is 0 Å². The second kappa shape index (κ2) is 5.80. The molecule has 0 bridgehead atoms. The van der Waals surface area contributed by atoms with Crippen molar-refractivity contribution < 1.29 is 9.59 Å². The first-order valence-corrected chi connectivity index (χ1v) is 5.67. The lowest BCUT2D eigenvalue weighted by molar-refractivity contribution is -0.123. The van der Waals surface area contributed by atoms with Crippen LogP contribution < -0.4 is 16.8 Å². The summed E-state index contributed by atoms with van der Waals surface area (Å²) in [5, 5.41) is 2.60. The monoisotopic (exact) mass is 333 g/mol. The number of nitrogens with one attached hydrogen (secondary N) is 1. The molecule has 0 aromatic heterocycles. The summed E-state index contributed by atoms with van der Waals surface area (Å²) in [6.45, 7) is 0. The molecule has 16 heavy (non-hydrogen) atoms. The van der Waals surface area contributed by atoms with Gasteiger partial charge >= 0.3 is 0 Å². The first-order valence-electron chi connectivity index (χ1n) is 4.59. The van der Waals surface area contributed by atoms with Crippen LogP contribution in [0, 0.1) is 3.57 Å². The number of rotatable bonds is 4. The first-order chi connectivity index (χ1) is 7.49. The van der Waals surface area contributed by atoms with E-state index in [1.165, 1.54) is 0 Å². The van der Waals surface area contributed by atoms with E-state index in [4.69, 9.17) is 11.5 Å². The van der Waals surface area contributed by atoms with Gasteiger partial charge in [-0.05, 0) is 46.9 Å². The Bertz CT molecular complexity index is 392. The highest BCUT2D eigenvalue weighted by atomic mass is 127. The zero-order chi connectivity index (χ0) is 12.1. The molecule has 0 saturated carbocycles. The van der Waals surface area contributed by atoms with Gasteiger partial charge in [0.1, 0.15) is 0 Å². The lowest BCUT2D eigenvalue weighted by Gasteiger charge is -2.10. The summed E-state index contributed by atoms with van der Waals surface area (Å²) in [5.74, 6) is -1.01. The van der Waals surface area contributed by atoms with Crippen molar-refractivity contribution in [2.24, 2.45) is 11.5 Å². The maximum Gasteiger partial charge on any atom is 0.241 e. The third-order valence-electron chi connectivity index (χ3n) is 1.87. The molecule has 0 aliphatic carbocycles. The van der Waals surface area contributed by atoms with Crippen molar-refractivity contribution in [1.82, 2.24) is 0 Å². The van der Waals surface area contributed by atoms with Gasteiger partial charge in [0.15, 0.2) is 0 Å². The van der Waals surface area contributed by atoms with Gasteiger partial charge in [-0.1, -0.05) is 0 Å². The second-order valence-corrected chi connectivity index (χ2v) is 4.52. The highest BCUT2D eigenvalue weighted by Gasteiger charge is 2.15. The highest BCUT2D eigenvalue weighted by Crippen LogP contribution is 2.11. The van der Waals surface area contributed by atoms with Crippen LogP contribution in [0.25, 0.3) is 0 Å². The highest BCUT2D eigenvalue weighted by molar-refractivity contribution is 14.1. The average molecular weight is 333 g/mol. The molecule has 6 heteroatoms. The van der Waals surface area contributed by atoms with E-state index in [9.17, 15) is 9.59 Å². The predicted octanol–water partition coefficient (Wildman–Crippen LogP) is 0.432. The zero-order valence-electron chi connectivity index (χ0n) is 8.44. The van der Waals surface area contributed by atoms with Gasteiger partial charge in [0.25, 0.3) is 0 Å². The third kappa shape index (κ3) is 4.15. The molecule has 5 nitrogen and oxygen atoms in total. The number of benzene rings is 1. The minimum Gasteiger partial charge on any atom is -0.370 e. The first kappa shape index (κ1) is 12.9. The molecule has 86 valence electrons. The van der Waals surface area contributed by atoms with E-state index in [-0.39, 0.29) is 6.42 Å². The smallest absolute Gasteiger partial charge is 0.241 e. The summed E-state index contributed by atoms with van der Waals surface area (Å²) in [7, 11) is 0. The molecular formula is C10H12IN3O2. The molecule has 0 radical (unpaired) electrons. The number of nitrogens with two attached hydrogens (primary N) is 2. The molecule has 0 spiro atoms. The van der Waals surface area contributed by atoms with Crippen molar-refractivity contribution in [3.05, 3.63) is 27.8 Å². The molecule has 1 atom stereocenters. The molecule has 0 aliphatic rings. The minimum absolute atomic E-state index is 0.157. The number of hydrogen-bond donors (Lipinski definition) is 3. The summed E-state index contributed by atoms with van der Waals surface area (Å²) in [6.07, 6.45) is -0.157. The molecule has 1 aromatic carbocycles. The van der Waals surface area contributed by atoms with Gasteiger partial charge in [-0.25, -0.2) is 0 Å². The predicted molar refractivity (Wildman–Crippen MR) is 69.6 cm³/mol. The van der Waals surface area contributed by atoms with Gasteiger partial charge in [0, 0.05) is 9.26 Å². The summed E-state index contributed by atoms with van der Waals surface area (Å²) in [5.41, 5.74) is 11.1. The second-order valence-electron chi connectivity index (χ2n) is 3.27. The Morgan fingerprint density at radius 1 is 1.31 bits per heavy atom. The van der Waals surface area contributed by atoms with Gasteiger partial charge in [-0.2, -0.15) is 0 Å². The van der Waals surface area contributed by atoms with Crippen LogP contribution in [0.4, 0.5) is 5.69 Å². The van der Waals surface area contributed by atoms with Crippen LogP contribution in [-0.4, -0.2) is 17.9 Å². The van der Waals surface area contributed by atoms with Crippen molar-refractivity contribution >= 4 is 40.1 Å². The van der Waals surface area contributed by atoms with Crippen molar-refractivity contribution in [3.8, 4) is 0 Å². The summed E-state index contributed by atoms with van der Waals surface area (Å²) in [4.78, 5) is 22.1. The molecule has 0 saturated heterocycles. The Hall–Kier alpha value is -1.15. The zero-order valence-corrected chi connectivity index (χ0v) is 10.6. The van der Waals surface area contributed by atoms with Crippen molar-refractivity contribution in [2.45, 2.75) is 12.5 Å². The van der Waals surface area contributed by atoms with Crippen molar-refractivity contribution in [1.29, 1.82) is 0 Å². The Labute approximate surface area is 107 Å². The van der Waals surface area contributed by atoms with E-state index in [0.29, 0.717) is 5.69 Å². The van der Waals surface area contributed by atoms with Crippen molar-refractivity contribution in [3.63, 3.8) is 0 Å². The number of hydrogen-bond acceptors (Lipinski definition) is 3. The van der Waals surface area contributed by atoms with Crippen molar-refractivity contribution in [2.75, 3.05) is 5.32 Å². The number of primary amides is 1. The lowest BCUT2D eigenvalue weighted by atomic mass is 10.2. The van der Waals surface area contributed by atoms with Crippen LogP contribution in [0.2, 0.25) is 0 Å². The molecule has 0 aliphatic heterocycles. The maximum absolute atomic E-state index is 11.5. The Balaban J connectivity index is 2.57. The quantitative estimate of drug-likeness (QED) is 0.697. The Morgan fingerprint density at radius 2 is 1.88 bits per heavy atom. The van der Waals surface area contributed by atoms with Gasteiger partial charge in [-0.3, -0.25) is 9.59 Å². The van der Waals surface area contributed by atoms with Gasteiger partial charge in [-0.15, -0.1) is 0 Å². The number of halogens is 1. The molecule has 1 aromatic rings. The van der Waals surface area contributed by atoms with E-state index < -0.39 is 17.9 Å². The summed E-state index contributed by atoms with van der Waals surface area (Å²) < 4.78 is 1.07.